The van der Waals surface area contributed by atoms with Gasteiger partial charge >= 0.3 is 5.97 Å². The molecule has 0 aromatic rings. The Kier molecular flexibility index (Phi) is 18.9. The summed E-state index contributed by atoms with van der Waals surface area (Å²) in [4.78, 5) is 11.5. The number of ether oxygens (including phenoxy) is 1. The quantitative estimate of drug-likeness (QED) is 0.144. The second-order valence-corrected chi connectivity index (χ2v) is 7.41. The zero-order valence-corrected chi connectivity index (χ0v) is 17.4. The summed E-state index contributed by atoms with van der Waals surface area (Å²) in [6.07, 6.45) is 23.9. The molecule has 0 fully saturated rings. The van der Waals surface area contributed by atoms with Crippen LogP contribution in [0, 0.1) is 5.92 Å². The van der Waals surface area contributed by atoms with E-state index < -0.39 is 0 Å². The third-order valence-electron chi connectivity index (χ3n) is 4.92. The third-order valence-corrected chi connectivity index (χ3v) is 4.92. The van der Waals surface area contributed by atoms with E-state index in [0.717, 1.165) is 12.8 Å². The first-order valence-corrected chi connectivity index (χ1v) is 11.0. The summed E-state index contributed by atoms with van der Waals surface area (Å²) < 4.78 is 5.26. The normalized spacial score (nSPS) is 12.6. The molecule has 0 amide bonds. The van der Waals surface area contributed by atoms with Gasteiger partial charge in [0.2, 0.25) is 0 Å². The molecule has 0 aliphatic rings. The number of hydrogen-bond acceptors (Lipinski definition) is 2. The summed E-state index contributed by atoms with van der Waals surface area (Å²) in [7, 11) is 0. The summed E-state index contributed by atoms with van der Waals surface area (Å²) in [5.74, 6) is 0.0117. The van der Waals surface area contributed by atoms with E-state index in [-0.39, 0.29) is 11.9 Å². The van der Waals surface area contributed by atoms with Crippen LogP contribution in [0.1, 0.15) is 117 Å². The van der Waals surface area contributed by atoms with Gasteiger partial charge in [0.15, 0.2) is 0 Å². The van der Waals surface area contributed by atoms with Crippen molar-refractivity contribution in [3.8, 4) is 0 Å². The lowest BCUT2D eigenvalue weighted by atomic mass is 10.1. The lowest BCUT2D eigenvalue weighted by Gasteiger charge is -2.08. The van der Waals surface area contributed by atoms with Gasteiger partial charge in [0.05, 0.1) is 12.5 Å². The van der Waals surface area contributed by atoms with Crippen LogP contribution in [-0.2, 0) is 9.53 Å². The Morgan fingerprint density at radius 3 is 1.76 bits per heavy atom. The van der Waals surface area contributed by atoms with E-state index >= 15 is 0 Å². The highest BCUT2D eigenvalue weighted by Gasteiger charge is 2.10. The number of hydrogen-bond donors (Lipinski definition) is 0. The highest BCUT2D eigenvalue weighted by atomic mass is 16.5. The fourth-order valence-corrected chi connectivity index (χ4v) is 2.83. The zero-order valence-electron chi connectivity index (χ0n) is 17.4. The van der Waals surface area contributed by atoms with Crippen LogP contribution in [0.5, 0.6) is 0 Å². The predicted molar refractivity (Wildman–Crippen MR) is 110 cm³/mol. The van der Waals surface area contributed by atoms with Crippen molar-refractivity contribution in [1.29, 1.82) is 0 Å². The van der Waals surface area contributed by atoms with Crippen molar-refractivity contribution < 1.29 is 9.53 Å². The summed E-state index contributed by atoms with van der Waals surface area (Å²) in [5.41, 5.74) is 0. The van der Waals surface area contributed by atoms with E-state index in [1.165, 1.54) is 83.5 Å². The van der Waals surface area contributed by atoms with Crippen LogP contribution in [-0.4, -0.2) is 12.6 Å². The largest absolute Gasteiger partial charge is 0.465 e. The molecule has 0 bridgehead atoms. The number of esters is 1. The average Bonchev–Trinajstić information content (AvgIpc) is 2.63. The minimum atomic E-state index is -0.0357. The maximum atomic E-state index is 11.5. The Hall–Kier alpha value is -0.790. The zero-order chi connectivity index (χ0) is 18.6. The second kappa shape index (κ2) is 19.5. The van der Waals surface area contributed by atoms with Gasteiger partial charge < -0.3 is 4.74 Å². The van der Waals surface area contributed by atoms with Crippen molar-refractivity contribution in [2.45, 2.75) is 117 Å². The van der Waals surface area contributed by atoms with Crippen LogP contribution in [0.25, 0.3) is 0 Å². The first-order chi connectivity index (χ1) is 12.2. The topological polar surface area (TPSA) is 26.3 Å². The van der Waals surface area contributed by atoms with Gasteiger partial charge in [0.1, 0.15) is 0 Å². The second-order valence-electron chi connectivity index (χ2n) is 7.41. The van der Waals surface area contributed by atoms with Gasteiger partial charge in [-0.1, -0.05) is 90.7 Å². The Morgan fingerprint density at radius 1 is 0.760 bits per heavy atom. The van der Waals surface area contributed by atoms with Crippen LogP contribution < -0.4 is 0 Å². The van der Waals surface area contributed by atoms with Gasteiger partial charge in [0, 0.05) is 0 Å². The molecule has 2 heteroatoms. The van der Waals surface area contributed by atoms with Gasteiger partial charge in [-0.15, -0.1) is 0 Å². The van der Waals surface area contributed by atoms with Crippen LogP contribution in [0.4, 0.5) is 0 Å². The molecule has 1 atom stereocenters. The molecule has 0 aliphatic heterocycles. The molecule has 2 nitrogen and oxygen atoms in total. The fraction of sp³-hybridized carbons (Fsp3) is 0.870. The van der Waals surface area contributed by atoms with Crippen molar-refractivity contribution in [1.82, 2.24) is 0 Å². The molecule has 0 heterocycles. The number of carbonyl (C=O) groups is 1. The highest BCUT2D eigenvalue weighted by molar-refractivity contribution is 5.71. The molecule has 0 saturated heterocycles. The van der Waals surface area contributed by atoms with E-state index in [1.54, 1.807) is 0 Å². The molecule has 0 aliphatic carbocycles. The first-order valence-electron chi connectivity index (χ1n) is 11.0. The molecule has 0 aromatic carbocycles. The standard InChI is InChI=1S/C23H44O2/c1-4-6-7-8-9-10-11-12-13-14-15-16-17-18-19-20-21-25-23(24)22(3)5-2/h14-15,22H,4-13,16-21H2,1-3H3/b15-14-. The minimum absolute atomic E-state index is 0.0357. The van der Waals surface area contributed by atoms with Gasteiger partial charge in [-0.3, -0.25) is 4.79 Å². The summed E-state index contributed by atoms with van der Waals surface area (Å²) in [6, 6.07) is 0. The molecular weight excluding hydrogens is 308 g/mol. The number of carbonyl (C=O) groups excluding carboxylic acids is 1. The van der Waals surface area contributed by atoms with Crippen LogP contribution in [0.2, 0.25) is 0 Å². The smallest absolute Gasteiger partial charge is 0.308 e. The summed E-state index contributed by atoms with van der Waals surface area (Å²) in [5, 5.41) is 0. The number of allylic oxidation sites excluding steroid dienone is 2. The molecule has 0 spiro atoms. The molecule has 148 valence electrons. The molecule has 0 radical (unpaired) electrons. The highest BCUT2D eigenvalue weighted by Crippen LogP contribution is 2.10. The molecule has 0 rings (SSSR count). The minimum Gasteiger partial charge on any atom is -0.465 e. The van der Waals surface area contributed by atoms with E-state index in [1.807, 2.05) is 13.8 Å². The number of unbranched alkanes of at least 4 members (excludes halogenated alkanes) is 12. The molecular formula is C23H44O2. The van der Waals surface area contributed by atoms with Gasteiger partial charge in [0.25, 0.3) is 0 Å². The van der Waals surface area contributed by atoms with Crippen LogP contribution in [0.15, 0.2) is 12.2 Å². The first kappa shape index (κ1) is 24.2. The third kappa shape index (κ3) is 17.8. The monoisotopic (exact) mass is 352 g/mol. The van der Waals surface area contributed by atoms with Gasteiger partial charge in [-0.2, -0.15) is 0 Å². The van der Waals surface area contributed by atoms with Crippen LogP contribution in [0.3, 0.4) is 0 Å². The summed E-state index contributed by atoms with van der Waals surface area (Å²) >= 11 is 0. The van der Waals surface area contributed by atoms with E-state index in [2.05, 4.69) is 19.1 Å². The predicted octanol–water partition coefficient (Wildman–Crippen LogP) is 7.61. The van der Waals surface area contributed by atoms with Crippen molar-refractivity contribution in [3.05, 3.63) is 12.2 Å². The van der Waals surface area contributed by atoms with Crippen molar-refractivity contribution >= 4 is 5.97 Å². The van der Waals surface area contributed by atoms with Gasteiger partial charge in [-0.25, -0.2) is 0 Å². The van der Waals surface area contributed by atoms with Crippen molar-refractivity contribution in [2.24, 2.45) is 5.92 Å². The lowest BCUT2D eigenvalue weighted by molar-refractivity contribution is -0.148. The van der Waals surface area contributed by atoms with Crippen molar-refractivity contribution in [2.75, 3.05) is 6.61 Å². The lowest BCUT2D eigenvalue weighted by Crippen LogP contribution is -2.14. The Morgan fingerprint density at radius 2 is 1.24 bits per heavy atom. The number of rotatable bonds is 18. The molecule has 0 saturated carbocycles. The molecule has 1 unspecified atom stereocenters. The maximum absolute atomic E-state index is 11.5. The Balaban J connectivity index is 3.19. The van der Waals surface area contributed by atoms with Crippen molar-refractivity contribution in [3.63, 3.8) is 0 Å². The molecule has 0 aromatic heterocycles. The van der Waals surface area contributed by atoms with Gasteiger partial charge in [-0.05, 0) is 38.5 Å². The Bertz CT molecular complexity index is 309. The maximum Gasteiger partial charge on any atom is 0.308 e. The summed E-state index contributed by atoms with van der Waals surface area (Å²) in [6.45, 7) is 6.83. The Labute approximate surface area is 157 Å². The van der Waals surface area contributed by atoms with Crippen LogP contribution >= 0.6 is 0 Å². The molecule has 0 N–H and O–H groups in total. The fourth-order valence-electron chi connectivity index (χ4n) is 2.83. The van der Waals surface area contributed by atoms with E-state index in [9.17, 15) is 4.79 Å². The van der Waals surface area contributed by atoms with E-state index in [0.29, 0.717) is 6.61 Å². The average molecular weight is 353 g/mol. The molecule has 25 heavy (non-hydrogen) atoms. The SMILES string of the molecule is CCCCCCCCCC/C=C\CCCCCCOC(=O)C(C)CC. The van der Waals surface area contributed by atoms with E-state index in [4.69, 9.17) is 4.74 Å².